The average molecular weight is 348 g/mol. The van der Waals surface area contributed by atoms with E-state index in [9.17, 15) is 14.4 Å². The largest absolute Gasteiger partial charge is 0.335 e. The molecule has 0 radical (unpaired) electrons. The van der Waals surface area contributed by atoms with Gasteiger partial charge in [0.25, 0.3) is 5.56 Å². The first-order valence-electron chi connectivity index (χ1n) is 8.07. The Balaban J connectivity index is 1.59. The molecule has 0 aromatic carbocycles. The van der Waals surface area contributed by atoms with Gasteiger partial charge in [-0.2, -0.15) is 0 Å². The molecule has 3 rings (SSSR count). The van der Waals surface area contributed by atoms with Crippen molar-refractivity contribution in [2.75, 3.05) is 0 Å². The van der Waals surface area contributed by atoms with Crippen LogP contribution in [0.1, 0.15) is 32.6 Å². The van der Waals surface area contributed by atoms with Gasteiger partial charge in [-0.05, 0) is 30.2 Å². The van der Waals surface area contributed by atoms with Crippen molar-refractivity contribution in [1.29, 1.82) is 0 Å². The average Bonchev–Trinajstić information content (AvgIpc) is 3.01. The summed E-state index contributed by atoms with van der Waals surface area (Å²) in [4.78, 5) is 41.0. The van der Waals surface area contributed by atoms with Crippen LogP contribution in [0.2, 0.25) is 0 Å². The van der Waals surface area contributed by atoms with Gasteiger partial charge < -0.3 is 5.32 Å². The van der Waals surface area contributed by atoms with Crippen molar-refractivity contribution in [2.24, 2.45) is 5.92 Å². The van der Waals surface area contributed by atoms with Crippen LogP contribution in [0.15, 0.2) is 22.6 Å². The highest BCUT2D eigenvalue weighted by atomic mass is 32.1. The molecule has 7 nitrogen and oxygen atoms in total. The Kier molecular flexibility index (Phi) is 4.94. The quantitative estimate of drug-likeness (QED) is 0.885. The summed E-state index contributed by atoms with van der Waals surface area (Å²) >= 11 is 1.37. The number of aromatic nitrogens is 2. The van der Waals surface area contributed by atoms with Gasteiger partial charge in [0.2, 0.25) is 5.91 Å². The lowest BCUT2D eigenvalue weighted by Gasteiger charge is -2.29. The van der Waals surface area contributed by atoms with Gasteiger partial charge in [-0.15, -0.1) is 11.3 Å². The van der Waals surface area contributed by atoms with Crippen molar-refractivity contribution < 1.29 is 9.59 Å². The maximum absolute atomic E-state index is 12.2. The second kappa shape index (κ2) is 7.12. The van der Waals surface area contributed by atoms with Gasteiger partial charge in [-0.25, -0.2) is 9.78 Å². The number of imide groups is 1. The fraction of sp³-hybridized carbons (Fsp3) is 0.500. The van der Waals surface area contributed by atoms with Gasteiger partial charge in [-0.1, -0.05) is 19.8 Å². The Morgan fingerprint density at radius 1 is 1.38 bits per heavy atom. The van der Waals surface area contributed by atoms with E-state index in [1.54, 1.807) is 11.4 Å². The highest BCUT2D eigenvalue weighted by Gasteiger charge is 2.23. The van der Waals surface area contributed by atoms with Gasteiger partial charge in [0.1, 0.15) is 11.4 Å². The summed E-state index contributed by atoms with van der Waals surface area (Å²) in [6, 6.07) is 1.27. The van der Waals surface area contributed by atoms with Gasteiger partial charge in [0.15, 0.2) is 0 Å². The molecule has 1 saturated carbocycles. The zero-order chi connectivity index (χ0) is 17.1. The first kappa shape index (κ1) is 16.6. The zero-order valence-corrected chi connectivity index (χ0v) is 14.3. The summed E-state index contributed by atoms with van der Waals surface area (Å²) in [5, 5.41) is 7.41. The molecule has 8 heteroatoms. The molecule has 0 aliphatic heterocycles. The second-order valence-electron chi connectivity index (χ2n) is 6.21. The molecule has 0 unspecified atom stereocenters. The summed E-state index contributed by atoms with van der Waals surface area (Å²) in [7, 11) is 0. The minimum Gasteiger partial charge on any atom is -0.335 e. The summed E-state index contributed by atoms with van der Waals surface area (Å²) in [6.07, 6.45) is 5.62. The highest BCUT2D eigenvalue weighted by Crippen LogP contribution is 2.23. The number of nitrogens with zero attached hydrogens (tertiary/aromatic N) is 2. The summed E-state index contributed by atoms with van der Waals surface area (Å²) < 4.78 is 1.21. The molecule has 2 aromatic heterocycles. The number of nitrogens with one attached hydrogen (secondary N) is 2. The minimum absolute atomic E-state index is 0.0955. The number of hydrogen-bond donors (Lipinski definition) is 2. The van der Waals surface area contributed by atoms with E-state index in [0.29, 0.717) is 16.1 Å². The first-order valence-corrected chi connectivity index (χ1v) is 8.95. The van der Waals surface area contributed by atoms with Crippen LogP contribution in [0.25, 0.3) is 10.2 Å². The van der Waals surface area contributed by atoms with Crippen LogP contribution in [-0.2, 0) is 11.3 Å². The molecule has 2 heterocycles. The number of amides is 3. The van der Waals surface area contributed by atoms with E-state index in [0.717, 1.165) is 19.3 Å². The third kappa shape index (κ3) is 3.64. The predicted molar refractivity (Wildman–Crippen MR) is 92.0 cm³/mol. The van der Waals surface area contributed by atoms with Crippen LogP contribution in [0.3, 0.4) is 0 Å². The van der Waals surface area contributed by atoms with E-state index in [1.165, 1.54) is 28.7 Å². The number of carbonyl (C=O) groups excluding carboxylic acids is 2. The molecule has 24 heavy (non-hydrogen) atoms. The molecule has 3 amide bonds. The van der Waals surface area contributed by atoms with Crippen molar-refractivity contribution in [3.05, 3.63) is 28.1 Å². The molecular formula is C16H20N4O3S. The van der Waals surface area contributed by atoms with Crippen molar-refractivity contribution in [3.63, 3.8) is 0 Å². The van der Waals surface area contributed by atoms with E-state index in [4.69, 9.17) is 0 Å². The lowest BCUT2D eigenvalue weighted by molar-refractivity contribution is -0.120. The molecule has 0 spiro atoms. The normalized spacial score (nSPS) is 20.7. The molecular weight excluding hydrogens is 328 g/mol. The van der Waals surface area contributed by atoms with Crippen LogP contribution in [0, 0.1) is 5.92 Å². The Hall–Kier alpha value is -2.22. The molecule has 2 aromatic rings. The van der Waals surface area contributed by atoms with Crippen LogP contribution >= 0.6 is 11.3 Å². The van der Waals surface area contributed by atoms with Crippen molar-refractivity contribution in [2.45, 2.75) is 45.2 Å². The number of fused-ring (bicyclic) bond motifs is 1. The molecule has 1 aliphatic rings. The molecule has 1 aliphatic carbocycles. The monoisotopic (exact) mass is 348 g/mol. The Morgan fingerprint density at radius 3 is 2.96 bits per heavy atom. The summed E-state index contributed by atoms with van der Waals surface area (Å²) in [5.74, 6) is -0.123. The Morgan fingerprint density at radius 2 is 2.17 bits per heavy atom. The van der Waals surface area contributed by atoms with Crippen molar-refractivity contribution in [3.8, 4) is 0 Å². The van der Waals surface area contributed by atoms with E-state index >= 15 is 0 Å². The highest BCUT2D eigenvalue weighted by molar-refractivity contribution is 7.16. The second-order valence-corrected chi connectivity index (χ2v) is 7.10. The molecule has 0 saturated heterocycles. The van der Waals surface area contributed by atoms with Gasteiger partial charge in [0.05, 0.1) is 11.7 Å². The number of hydrogen-bond acceptors (Lipinski definition) is 5. The maximum atomic E-state index is 12.2. The fourth-order valence-corrected chi connectivity index (χ4v) is 3.79. The van der Waals surface area contributed by atoms with Gasteiger partial charge in [0, 0.05) is 6.04 Å². The number of thiophene rings is 1. The van der Waals surface area contributed by atoms with Crippen LogP contribution < -0.4 is 16.2 Å². The lowest BCUT2D eigenvalue weighted by Crippen LogP contribution is -2.48. The molecule has 2 atom stereocenters. The van der Waals surface area contributed by atoms with Crippen molar-refractivity contribution >= 4 is 33.5 Å². The third-order valence-corrected chi connectivity index (χ3v) is 5.27. The maximum Gasteiger partial charge on any atom is 0.321 e. The fourth-order valence-electron chi connectivity index (χ4n) is 3.06. The molecule has 128 valence electrons. The van der Waals surface area contributed by atoms with E-state index in [-0.39, 0.29) is 18.1 Å². The number of carbonyl (C=O) groups is 2. The first-order chi connectivity index (χ1) is 11.5. The third-order valence-electron chi connectivity index (χ3n) is 4.45. The van der Waals surface area contributed by atoms with Crippen molar-refractivity contribution in [1.82, 2.24) is 20.2 Å². The van der Waals surface area contributed by atoms with Gasteiger partial charge in [-0.3, -0.25) is 19.5 Å². The Labute approximate surface area is 143 Å². The predicted octanol–water partition coefficient (Wildman–Crippen LogP) is 1.86. The van der Waals surface area contributed by atoms with Crippen LogP contribution in [-0.4, -0.2) is 27.5 Å². The van der Waals surface area contributed by atoms with Crippen LogP contribution in [0.5, 0.6) is 0 Å². The molecule has 2 N–H and O–H groups in total. The molecule has 1 fully saturated rings. The van der Waals surface area contributed by atoms with E-state index in [1.807, 2.05) is 0 Å². The van der Waals surface area contributed by atoms with Gasteiger partial charge >= 0.3 is 6.03 Å². The SMILES string of the molecule is C[C@@H]1CCCC[C@H]1NC(=O)NC(=O)Cn1cnc2sccc2c1=O. The lowest BCUT2D eigenvalue weighted by atomic mass is 9.86. The van der Waals surface area contributed by atoms with E-state index < -0.39 is 11.9 Å². The smallest absolute Gasteiger partial charge is 0.321 e. The number of rotatable bonds is 3. The van der Waals surface area contributed by atoms with Crippen LogP contribution in [0.4, 0.5) is 4.79 Å². The minimum atomic E-state index is -0.533. The summed E-state index contributed by atoms with van der Waals surface area (Å²) in [5.41, 5.74) is -0.280. The topological polar surface area (TPSA) is 93.1 Å². The molecule has 0 bridgehead atoms. The van der Waals surface area contributed by atoms with E-state index in [2.05, 4.69) is 22.5 Å². The Bertz CT molecular complexity index is 813. The zero-order valence-electron chi connectivity index (χ0n) is 13.4. The summed E-state index contributed by atoms with van der Waals surface area (Å²) in [6.45, 7) is 1.87. The standard InChI is InChI=1S/C16H20N4O3S/c1-10-4-2-3-5-12(10)18-16(23)19-13(21)8-20-9-17-14-11(15(20)22)6-7-24-14/h6-7,9-10,12H,2-5,8H2,1H3,(H2,18,19,21,23)/t10-,12-/m1/s1. The number of urea groups is 1.